The van der Waals surface area contributed by atoms with E-state index in [-0.39, 0.29) is 16.3 Å². The number of carbonyl (C=O) groups excluding carboxylic acids is 1. The van der Waals surface area contributed by atoms with E-state index in [4.69, 9.17) is 21.0 Å². The first-order chi connectivity index (χ1) is 14.2. The molecule has 3 rings (SSSR count). The lowest BCUT2D eigenvalue weighted by Gasteiger charge is -2.15. The van der Waals surface area contributed by atoms with Crippen molar-refractivity contribution in [3.05, 3.63) is 64.8 Å². The predicted octanol–water partition coefficient (Wildman–Crippen LogP) is 2.02. The Morgan fingerprint density at radius 3 is 2.70 bits per heavy atom. The number of nitrogens with one attached hydrogen (secondary N) is 1. The second-order valence-electron chi connectivity index (χ2n) is 6.21. The molecule has 0 aliphatic heterocycles. The Morgan fingerprint density at radius 2 is 2.07 bits per heavy atom. The average molecular weight is 447 g/mol. The SMILES string of the molecule is C[C@H](NC(=O)c1cc(Cl)cc(OS(C)(=O)=O)c1)c1ncnn1-c1ccc(C#N)cn1. The molecule has 154 valence electrons. The van der Waals surface area contributed by atoms with E-state index in [1.54, 1.807) is 19.1 Å². The number of benzene rings is 1. The summed E-state index contributed by atoms with van der Waals surface area (Å²) in [5, 5.41) is 15.9. The number of hydrogen-bond donors (Lipinski definition) is 1. The smallest absolute Gasteiger partial charge is 0.306 e. The molecule has 1 amide bonds. The van der Waals surface area contributed by atoms with Crippen molar-refractivity contribution < 1.29 is 17.4 Å². The Hall–Kier alpha value is -3.49. The lowest BCUT2D eigenvalue weighted by Crippen LogP contribution is -2.29. The van der Waals surface area contributed by atoms with Crippen LogP contribution in [0.3, 0.4) is 0 Å². The topological polar surface area (TPSA) is 140 Å². The first-order valence-corrected chi connectivity index (χ1v) is 10.6. The van der Waals surface area contributed by atoms with Gasteiger partial charge in [-0.2, -0.15) is 23.5 Å². The van der Waals surface area contributed by atoms with Crippen LogP contribution in [0.1, 0.15) is 34.7 Å². The standard InChI is InChI=1S/C18H15ClN6O4S/c1-11(17-22-10-23-25(17)16-4-3-12(8-20)9-21-16)24-18(26)13-5-14(19)7-15(6-13)29-30(2,27)28/h3-7,9-11H,1-2H3,(H,24,26)/t11-/m0/s1. The van der Waals surface area contributed by atoms with Gasteiger partial charge in [-0.1, -0.05) is 11.6 Å². The van der Waals surface area contributed by atoms with Crippen molar-refractivity contribution in [3.63, 3.8) is 0 Å². The maximum atomic E-state index is 12.7. The molecule has 1 aromatic carbocycles. The number of aromatic nitrogens is 4. The largest absolute Gasteiger partial charge is 0.383 e. The molecule has 10 nitrogen and oxygen atoms in total. The van der Waals surface area contributed by atoms with E-state index in [1.807, 2.05) is 6.07 Å². The summed E-state index contributed by atoms with van der Waals surface area (Å²) in [7, 11) is -3.78. The van der Waals surface area contributed by atoms with Crippen molar-refractivity contribution >= 4 is 27.6 Å². The zero-order valence-corrected chi connectivity index (χ0v) is 17.3. The van der Waals surface area contributed by atoms with Crippen LogP contribution in [0.4, 0.5) is 0 Å². The number of halogens is 1. The summed E-state index contributed by atoms with van der Waals surface area (Å²) in [5.41, 5.74) is 0.505. The summed E-state index contributed by atoms with van der Waals surface area (Å²) >= 11 is 5.98. The van der Waals surface area contributed by atoms with Crippen LogP contribution >= 0.6 is 11.6 Å². The number of rotatable bonds is 6. The quantitative estimate of drug-likeness (QED) is 0.567. The first kappa shape index (κ1) is 21.2. The molecule has 0 spiro atoms. The predicted molar refractivity (Wildman–Crippen MR) is 107 cm³/mol. The third-order valence-electron chi connectivity index (χ3n) is 3.78. The molecular formula is C18H15ClN6O4S. The van der Waals surface area contributed by atoms with Gasteiger partial charge in [0.05, 0.1) is 17.9 Å². The molecule has 1 N–H and O–H groups in total. The van der Waals surface area contributed by atoms with Crippen LogP contribution < -0.4 is 9.50 Å². The van der Waals surface area contributed by atoms with E-state index in [0.717, 1.165) is 6.26 Å². The zero-order valence-electron chi connectivity index (χ0n) is 15.8. The average Bonchev–Trinajstić information content (AvgIpc) is 3.16. The lowest BCUT2D eigenvalue weighted by atomic mass is 10.2. The van der Waals surface area contributed by atoms with Crippen LogP contribution in [-0.2, 0) is 10.1 Å². The third kappa shape index (κ3) is 5.11. The molecule has 0 fully saturated rings. The van der Waals surface area contributed by atoms with Crippen LogP contribution in [0, 0.1) is 11.3 Å². The fraction of sp³-hybridized carbons (Fsp3) is 0.167. The maximum absolute atomic E-state index is 12.7. The van der Waals surface area contributed by atoms with Gasteiger partial charge >= 0.3 is 10.1 Å². The molecule has 0 saturated carbocycles. The normalized spacial score (nSPS) is 12.1. The van der Waals surface area contributed by atoms with Crippen molar-refractivity contribution in [2.75, 3.05) is 6.26 Å². The van der Waals surface area contributed by atoms with Crippen molar-refractivity contribution in [2.24, 2.45) is 0 Å². The maximum Gasteiger partial charge on any atom is 0.306 e. The molecule has 30 heavy (non-hydrogen) atoms. The molecule has 0 bridgehead atoms. The van der Waals surface area contributed by atoms with Crippen LogP contribution in [0.15, 0.2) is 42.9 Å². The highest BCUT2D eigenvalue weighted by molar-refractivity contribution is 7.86. The van der Waals surface area contributed by atoms with E-state index < -0.39 is 22.1 Å². The molecule has 0 aliphatic carbocycles. The number of carbonyl (C=O) groups is 1. The van der Waals surface area contributed by atoms with Crippen LogP contribution in [-0.4, -0.2) is 40.3 Å². The molecule has 0 radical (unpaired) electrons. The number of amides is 1. The zero-order chi connectivity index (χ0) is 21.9. The number of nitrogens with zero attached hydrogens (tertiary/aromatic N) is 5. The minimum Gasteiger partial charge on any atom is -0.383 e. The fourth-order valence-electron chi connectivity index (χ4n) is 2.56. The summed E-state index contributed by atoms with van der Waals surface area (Å²) in [4.78, 5) is 21.0. The highest BCUT2D eigenvalue weighted by Gasteiger charge is 2.19. The summed E-state index contributed by atoms with van der Waals surface area (Å²) in [5.74, 6) is 0.225. The number of hydrogen-bond acceptors (Lipinski definition) is 8. The highest BCUT2D eigenvalue weighted by atomic mass is 35.5. The molecule has 2 aromatic heterocycles. The summed E-state index contributed by atoms with van der Waals surface area (Å²) < 4.78 is 28.9. The Labute approximate surface area is 177 Å². The molecular weight excluding hydrogens is 432 g/mol. The molecule has 1 atom stereocenters. The van der Waals surface area contributed by atoms with E-state index in [1.165, 1.54) is 35.4 Å². The van der Waals surface area contributed by atoms with Crippen LogP contribution in [0.2, 0.25) is 5.02 Å². The van der Waals surface area contributed by atoms with Gasteiger partial charge in [0.1, 0.15) is 18.1 Å². The highest BCUT2D eigenvalue weighted by Crippen LogP contribution is 2.23. The van der Waals surface area contributed by atoms with Gasteiger partial charge < -0.3 is 9.50 Å². The number of nitriles is 1. The monoisotopic (exact) mass is 446 g/mol. The molecule has 0 saturated heterocycles. The van der Waals surface area contributed by atoms with Gasteiger partial charge in [-0.05, 0) is 31.2 Å². The molecule has 3 aromatic rings. The molecule has 0 aliphatic rings. The van der Waals surface area contributed by atoms with Gasteiger partial charge in [0.15, 0.2) is 11.6 Å². The van der Waals surface area contributed by atoms with E-state index >= 15 is 0 Å². The lowest BCUT2D eigenvalue weighted by molar-refractivity contribution is 0.0937. The van der Waals surface area contributed by atoms with Gasteiger partial charge in [-0.25, -0.2) is 9.97 Å². The van der Waals surface area contributed by atoms with Crippen molar-refractivity contribution in [3.8, 4) is 17.6 Å². The van der Waals surface area contributed by atoms with Gasteiger partial charge in [-0.3, -0.25) is 4.79 Å². The van der Waals surface area contributed by atoms with Crippen LogP contribution in [0.5, 0.6) is 5.75 Å². The summed E-state index contributed by atoms with van der Waals surface area (Å²) in [6.07, 6.45) is 3.61. The minimum atomic E-state index is -3.78. The van der Waals surface area contributed by atoms with Crippen molar-refractivity contribution in [1.82, 2.24) is 25.1 Å². The van der Waals surface area contributed by atoms with E-state index in [0.29, 0.717) is 17.2 Å². The van der Waals surface area contributed by atoms with Gasteiger partial charge in [0.25, 0.3) is 5.91 Å². The van der Waals surface area contributed by atoms with Crippen LogP contribution in [0.25, 0.3) is 5.82 Å². The Balaban J connectivity index is 1.82. The second-order valence-corrected chi connectivity index (χ2v) is 8.22. The van der Waals surface area contributed by atoms with E-state index in [9.17, 15) is 13.2 Å². The Morgan fingerprint density at radius 1 is 1.30 bits per heavy atom. The molecule has 2 heterocycles. The van der Waals surface area contributed by atoms with Gasteiger partial charge in [0.2, 0.25) is 0 Å². The summed E-state index contributed by atoms with van der Waals surface area (Å²) in [6.45, 7) is 1.69. The second kappa shape index (κ2) is 8.48. The number of pyridine rings is 1. The van der Waals surface area contributed by atoms with Gasteiger partial charge in [-0.15, -0.1) is 0 Å². The Bertz CT molecular complexity index is 1230. The van der Waals surface area contributed by atoms with Crippen molar-refractivity contribution in [1.29, 1.82) is 5.26 Å². The third-order valence-corrected chi connectivity index (χ3v) is 4.50. The first-order valence-electron chi connectivity index (χ1n) is 8.43. The van der Waals surface area contributed by atoms with E-state index in [2.05, 4.69) is 20.4 Å². The van der Waals surface area contributed by atoms with Gasteiger partial charge in [0, 0.05) is 22.8 Å². The fourth-order valence-corrected chi connectivity index (χ4v) is 3.23. The molecule has 12 heteroatoms. The summed E-state index contributed by atoms with van der Waals surface area (Å²) in [6, 6.07) is 8.53. The molecule has 0 unspecified atom stereocenters. The minimum absolute atomic E-state index is 0.0762. The van der Waals surface area contributed by atoms with Crippen molar-refractivity contribution in [2.45, 2.75) is 13.0 Å². The Kier molecular flexibility index (Phi) is 6.00.